The molecule has 2 aromatic rings. The van der Waals surface area contributed by atoms with E-state index in [0.29, 0.717) is 28.9 Å². The molecular weight excluding hydrogens is 524 g/mol. The van der Waals surface area contributed by atoms with E-state index in [0.717, 1.165) is 24.0 Å². The van der Waals surface area contributed by atoms with E-state index in [9.17, 15) is 13.6 Å². The molecule has 0 radical (unpaired) electrons. The highest BCUT2D eigenvalue weighted by molar-refractivity contribution is 6.34. The maximum absolute atomic E-state index is 15.7. The summed E-state index contributed by atoms with van der Waals surface area (Å²) in [5.41, 5.74) is 0.102. The first-order valence-electron chi connectivity index (χ1n) is 12.9. The van der Waals surface area contributed by atoms with Gasteiger partial charge in [0, 0.05) is 41.8 Å². The van der Waals surface area contributed by atoms with Gasteiger partial charge in [0.2, 0.25) is 0 Å². The zero-order valence-corrected chi connectivity index (χ0v) is 22.3. The van der Waals surface area contributed by atoms with Crippen molar-refractivity contribution in [2.75, 3.05) is 32.8 Å². The second-order valence-corrected chi connectivity index (χ2v) is 11.5. The first-order valence-corrected chi connectivity index (χ1v) is 13.7. The van der Waals surface area contributed by atoms with Gasteiger partial charge in [-0.15, -0.1) is 0 Å². The minimum Gasteiger partial charge on any atom is -0.490 e. The lowest BCUT2D eigenvalue weighted by molar-refractivity contribution is 0.00614. The highest BCUT2D eigenvalue weighted by Gasteiger charge is 2.38. The van der Waals surface area contributed by atoms with Crippen molar-refractivity contribution in [1.29, 1.82) is 0 Å². The van der Waals surface area contributed by atoms with Crippen LogP contribution in [0, 0.1) is 5.82 Å². The van der Waals surface area contributed by atoms with Crippen molar-refractivity contribution in [3.63, 3.8) is 0 Å². The van der Waals surface area contributed by atoms with Gasteiger partial charge in [0.05, 0.1) is 12.1 Å². The van der Waals surface area contributed by atoms with Crippen molar-refractivity contribution in [1.82, 2.24) is 9.80 Å². The molecule has 5 rings (SSSR count). The van der Waals surface area contributed by atoms with Gasteiger partial charge in [-0.05, 0) is 80.3 Å². The Kier molecular flexibility index (Phi) is 7.68. The molecule has 4 nitrogen and oxygen atoms in total. The van der Waals surface area contributed by atoms with Crippen molar-refractivity contribution in [3.05, 3.63) is 62.9 Å². The maximum Gasteiger partial charge on any atom is 0.256 e. The number of carbonyl (C=O) groups is 1. The van der Waals surface area contributed by atoms with Gasteiger partial charge in [0.15, 0.2) is 0 Å². The molecule has 0 aromatic heterocycles. The summed E-state index contributed by atoms with van der Waals surface area (Å²) in [6.07, 6.45) is 1.58. The Bertz CT molecular complexity index is 1150. The number of rotatable bonds is 7. The van der Waals surface area contributed by atoms with E-state index in [1.807, 2.05) is 19.1 Å². The molecule has 200 valence electrons. The van der Waals surface area contributed by atoms with Crippen molar-refractivity contribution < 1.29 is 22.7 Å². The molecule has 37 heavy (non-hydrogen) atoms. The Labute approximate surface area is 225 Å². The van der Waals surface area contributed by atoms with Crippen LogP contribution in [-0.2, 0) is 0 Å². The highest BCUT2D eigenvalue weighted by atomic mass is 35.5. The lowest BCUT2D eigenvalue weighted by Crippen LogP contribution is -2.45. The van der Waals surface area contributed by atoms with Crippen LogP contribution in [0.3, 0.4) is 0 Å². The van der Waals surface area contributed by atoms with E-state index in [4.69, 9.17) is 27.9 Å². The predicted molar refractivity (Wildman–Crippen MR) is 139 cm³/mol. The van der Waals surface area contributed by atoms with Crippen LogP contribution in [0.2, 0.25) is 10.0 Å². The predicted octanol–water partition coefficient (Wildman–Crippen LogP) is 7.14. The molecular formula is C28H31Cl2F3N2O2. The number of alkyl halides is 2. The standard InChI is InChI=1S/C28H31Cl2F3N2O2/c1-17(19-10-20(29)12-21(30)11-19)34-8-5-28(33,6-9-34)16-37-26-14-25(32)24(13-23(26)18-2-3-18)27(36)35-7-4-22(31)15-35/h10-14,17-18,22H,2-9,15-16H2,1H3. The van der Waals surface area contributed by atoms with E-state index in [2.05, 4.69) is 4.90 Å². The minimum absolute atomic E-state index is 0.0142. The Hall–Kier alpha value is -1.96. The Morgan fingerprint density at radius 2 is 1.76 bits per heavy atom. The van der Waals surface area contributed by atoms with Crippen LogP contribution >= 0.6 is 23.2 Å². The van der Waals surface area contributed by atoms with Crippen molar-refractivity contribution in [2.45, 2.75) is 62.8 Å². The largest absolute Gasteiger partial charge is 0.490 e. The second-order valence-electron chi connectivity index (χ2n) is 10.6. The van der Waals surface area contributed by atoms with E-state index in [1.165, 1.54) is 17.0 Å². The SMILES string of the molecule is CC(c1cc(Cl)cc(Cl)c1)N1CCC(F)(COc2cc(F)c(C(=O)N3CCC(F)C3)cc2C2CC2)CC1. The van der Waals surface area contributed by atoms with Crippen LogP contribution in [0.5, 0.6) is 5.75 Å². The second kappa shape index (κ2) is 10.7. The molecule has 1 aliphatic carbocycles. The molecule has 1 saturated carbocycles. The zero-order chi connectivity index (χ0) is 26.3. The van der Waals surface area contributed by atoms with Crippen LogP contribution < -0.4 is 4.74 Å². The number of amides is 1. The third kappa shape index (κ3) is 6.04. The van der Waals surface area contributed by atoms with Crippen molar-refractivity contribution >= 4 is 29.1 Å². The number of likely N-dealkylation sites (tertiary alicyclic amines) is 2. The molecule has 2 heterocycles. The summed E-state index contributed by atoms with van der Waals surface area (Å²) >= 11 is 12.3. The van der Waals surface area contributed by atoms with Gasteiger partial charge < -0.3 is 9.64 Å². The Morgan fingerprint density at radius 3 is 2.35 bits per heavy atom. The Balaban J connectivity index is 1.24. The van der Waals surface area contributed by atoms with Gasteiger partial charge in [0.25, 0.3) is 5.91 Å². The number of ether oxygens (including phenoxy) is 1. The summed E-state index contributed by atoms with van der Waals surface area (Å²) < 4.78 is 50.2. The molecule has 1 amide bonds. The lowest BCUT2D eigenvalue weighted by Gasteiger charge is -2.39. The summed E-state index contributed by atoms with van der Waals surface area (Å²) in [7, 11) is 0. The van der Waals surface area contributed by atoms with E-state index >= 15 is 4.39 Å². The highest BCUT2D eigenvalue weighted by Crippen LogP contribution is 2.46. The number of nitrogens with zero attached hydrogens (tertiary/aromatic N) is 2. The Morgan fingerprint density at radius 1 is 1.08 bits per heavy atom. The number of carbonyl (C=O) groups excluding carboxylic acids is 1. The van der Waals surface area contributed by atoms with Gasteiger partial charge in [-0.25, -0.2) is 13.2 Å². The van der Waals surface area contributed by atoms with Crippen LogP contribution in [-0.4, -0.2) is 60.3 Å². The number of halogens is 5. The molecule has 3 aliphatic rings. The summed E-state index contributed by atoms with van der Waals surface area (Å²) in [5.74, 6) is -0.765. The van der Waals surface area contributed by atoms with E-state index < -0.39 is 23.6 Å². The molecule has 0 N–H and O–H groups in total. The number of piperidine rings is 1. The number of hydrogen-bond acceptors (Lipinski definition) is 3. The van der Waals surface area contributed by atoms with Gasteiger partial charge in [-0.1, -0.05) is 23.2 Å². The van der Waals surface area contributed by atoms with Crippen molar-refractivity contribution in [3.8, 4) is 5.75 Å². The molecule has 2 aliphatic heterocycles. The van der Waals surface area contributed by atoms with Crippen LogP contribution in [0.1, 0.15) is 72.5 Å². The summed E-state index contributed by atoms with van der Waals surface area (Å²) in [5, 5.41) is 1.14. The fourth-order valence-electron chi connectivity index (χ4n) is 5.34. The van der Waals surface area contributed by atoms with Gasteiger partial charge in [-0.2, -0.15) is 0 Å². The third-order valence-corrected chi connectivity index (χ3v) is 8.30. The average molecular weight is 555 g/mol. The molecule has 9 heteroatoms. The molecule has 3 fully saturated rings. The minimum atomic E-state index is -1.54. The quantitative estimate of drug-likeness (QED) is 0.364. The van der Waals surface area contributed by atoms with Gasteiger partial charge in [-0.3, -0.25) is 9.69 Å². The van der Waals surface area contributed by atoms with Gasteiger partial charge >= 0.3 is 0 Å². The average Bonchev–Trinajstić information content (AvgIpc) is 3.61. The third-order valence-electron chi connectivity index (χ3n) is 7.86. The molecule has 2 unspecified atom stereocenters. The van der Waals surface area contributed by atoms with Gasteiger partial charge in [0.1, 0.15) is 30.0 Å². The number of benzene rings is 2. The molecule has 0 spiro atoms. The molecule has 2 aromatic carbocycles. The lowest BCUT2D eigenvalue weighted by atomic mass is 9.92. The topological polar surface area (TPSA) is 32.8 Å². The van der Waals surface area contributed by atoms with Crippen LogP contribution in [0.25, 0.3) is 0 Å². The summed E-state index contributed by atoms with van der Waals surface area (Å²) in [4.78, 5) is 16.3. The zero-order valence-electron chi connectivity index (χ0n) is 20.8. The molecule has 0 bridgehead atoms. The molecule has 2 saturated heterocycles. The maximum atomic E-state index is 15.7. The monoisotopic (exact) mass is 554 g/mol. The first-order chi connectivity index (χ1) is 17.6. The molecule has 2 atom stereocenters. The summed E-state index contributed by atoms with van der Waals surface area (Å²) in [6, 6.07) is 8.20. The smallest absolute Gasteiger partial charge is 0.256 e. The van der Waals surface area contributed by atoms with E-state index in [1.54, 1.807) is 6.07 Å². The fraction of sp³-hybridized carbons (Fsp3) is 0.536. The normalized spacial score (nSPS) is 22.8. The van der Waals surface area contributed by atoms with Crippen LogP contribution in [0.15, 0.2) is 30.3 Å². The first kappa shape index (κ1) is 26.6. The van der Waals surface area contributed by atoms with Crippen molar-refractivity contribution in [2.24, 2.45) is 0 Å². The fourth-order valence-corrected chi connectivity index (χ4v) is 5.88. The summed E-state index contributed by atoms with van der Waals surface area (Å²) in [6.45, 7) is 3.20. The number of hydrogen-bond donors (Lipinski definition) is 0. The van der Waals surface area contributed by atoms with Crippen LogP contribution in [0.4, 0.5) is 13.2 Å². The van der Waals surface area contributed by atoms with E-state index in [-0.39, 0.29) is 56.5 Å².